The van der Waals surface area contributed by atoms with Gasteiger partial charge in [-0.15, -0.1) is 0 Å². The van der Waals surface area contributed by atoms with Crippen molar-refractivity contribution in [3.63, 3.8) is 0 Å². The Kier molecular flexibility index (Phi) is 6.89. The topological polar surface area (TPSA) is 79.7 Å². The number of hydrogen-bond acceptors (Lipinski definition) is 5. The molecule has 3 heterocycles. The first-order chi connectivity index (χ1) is 15.1. The monoisotopic (exact) mass is 441 g/mol. The van der Waals surface area contributed by atoms with Crippen LogP contribution in [0.1, 0.15) is 31.1 Å². The van der Waals surface area contributed by atoms with E-state index < -0.39 is 0 Å². The fourth-order valence-corrected chi connectivity index (χ4v) is 3.93. The standard InChI is InChI=1S/C23H27N3O4S/c1-2-28-18-7-8-21-16(12-18)11-17(22(27)25-21)14-26(15-20-6-4-10-30-20)23(31)24-13-19-5-3-9-29-19/h4,6-8,10-12,19H,2-3,5,9,13-15H2,1H3,(H,24,31)(H,25,27)/t19-/m1/s1. The fraction of sp³-hybridized carbons (Fsp3) is 0.391. The number of H-pyrrole nitrogens is 1. The quantitative estimate of drug-likeness (QED) is 0.517. The number of aromatic amines is 1. The zero-order chi connectivity index (χ0) is 21.6. The number of furan rings is 1. The number of pyridine rings is 1. The van der Waals surface area contributed by atoms with Crippen molar-refractivity contribution >= 4 is 28.2 Å². The van der Waals surface area contributed by atoms with Gasteiger partial charge in [0, 0.05) is 29.6 Å². The van der Waals surface area contributed by atoms with Crippen LogP contribution in [0.5, 0.6) is 5.75 Å². The van der Waals surface area contributed by atoms with Gasteiger partial charge in [-0.05, 0) is 68.4 Å². The van der Waals surface area contributed by atoms with Gasteiger partial charge in [-0.3, -0.25) is 4.79 Å². The molecular weight excluding hydrogens is 414 g/mol. The third-order valence-corrected chi connectivity index (χ3v) is 5.69. The van der Waals surface area contributed by atoms with E-state index in [1.54, 1.807) is 6.26 Å². The van der Waals surface area contributed by atoms with Gasteiger partial charge in [0.25, 0.3) is 5.56 Å². The van der Waals surface area contributed by atoms with E-state index in [9.17, 15) is 4.79 Å². The van der Waals surface area contributed by atoms with Crippen molar-refractivity contribution in [2.24, 2.45) is 0 Å². The first kappa shape index (κ1) is 21.4. The lowest BCUT2D eigenvalue weighted by Gasteiger charge is -2.26. The zero-order valence-electron chi connectivity index (χ0n) is 17.6. The van der Waals surface area contributed by atoms with Crippen LogP contribution in [0.3, 0.4) is 0 Å². The first-order valence-corrected chi connectivity index (χ1v) is 11.0. The van der Waals surface area contributed by atoms with Gasteiger partial charge in [0.1, 0.15) is 11.5 Å². The summed E-state index contributed by atoms with van der Waals surface area (Å²) in [6.07, 6.45) is 3.91. The zero-order valence-corrected chi connectivity index (χ0v) is 18.4. The Morgan fingerprint density at radius 1 is 1.32 bits per heavy atom. The minimum Gasteiger partial charge on any atom is -0.494 e. The van der Waals surface area contributed by atoms with Gasteiger partial charge in [-0.25, -0.2) is 0 Å². The van der Waals surface area contributed by atoms with Gasteiger partial charge < -0.3 is 29.1 Å². The molecule has 0 saturated carbocycles. The molecule has 1 atom stereocenters. The molecule has 2 N–H and O–H groups in total. The molecule has 8 heteroatoms. The van der Waals surface area contributed by atoms with E-state index in [0.717, 1.165) is 41.9 Å². The molecule has 0 spiro atoms. The number of fused-ring (bicyclic) bond motifs is 1. The maximum absolute atomic E-state index is 12.8. The third kappa shape index (κ3) is 5.45. The van der Waals surface area contributed by atoms with E-state index in [-0.39, 0.29) is 11.7 Å². The summed E-state index contributed by atoms with van der Waals surface area (Å²) < 4.78 is 16.8. The number of aromatic nitrogens is 1. The van der Waals surface area contributed by atoms with E-state index in [1.807, 2.05) is 48.2 Å². The number of nitrogens with zero attached hydrogens (tertiary/aromatic N) is 1. The maximum Gasteiger partial charge on any atom is 0.253 e. The lowest BCUT2D eigenvalue weighted by atomic mass is 10.1. The summed E-state index contributed by atoms with van der Waals surface area (Å²) in [5.41, 5.74) is 1.26. The predicted octanol–water partition coefficient (Wildman–Crippen LogP) is 3.58. The molecule has 3 aromatic rings. The average molecular weight is 442 g/mol. The summed E-state index contributed by atoms with van der Waals surface area (Å²) in [7, 11) is 0. The molecule has 0 aliphatic carbocycles. The molecule has 1 saturated heterocycles. The lowest BCUT2D eigenvalue weighted by Crippen LogP contribution is -2.42. The molecule has 2 aromatic heterocycles. The second-order valence-corrected chi connectivity index (χ2v) is 7.95. The smallest absolute Gasteiger partial charge is 0.253 e. The van der Waals surface area contributed by atoms with Crippen LogP contribution in [0, 0.1) is 0 Å². The molecule has 0 bridgehead atoms. The molecule has 0 unspecified atom stereocenters. The molecule has 4 rings (SSSR count). The highest BCUT2D eigenvalue weighted by Gasteiger charge is 2.19. The van der Waals surface area contributed by atoms with Crippen molar-refractivity contribution in [1.82, 2.24) is 15.2 Å². The van der Waals surface area contributed by atoms with Crippen LogP contribution in [0.15, 0.2) is 51.9 Å². The Bertz CT molecular complexity index is 1070. The minimum atomic E-state index is -0.136. The van der Waals surface area contributed by atoms with Gasteiger partial charge in [0.15, 0.2) is 5.11 Å². The van der Waals surface area contributed by atoms with Crippen LogP contribution in [0.4, 0.5) is 0 Å². The number of hydrogen-bond donors (Lipinski definition) is 2. The number of thiocarbonyl (C=S) groups is 1. The summed E-state index contributed by atoms with van der Waals surface area (Å²) in [5, 5.41) is 4.78. The lowest BCUT2D eigenvalue weighted by molar-refractivity contribution is 0.113. The summed E-state index contributed by atoms with van der Waals surface area (Å²) in [6.45, 7) is 4.79. The average Bonchev–Trinajstić information content (AvgIpc) is 3.46. The summed E-state index contributed by atoms with van der Waals surface area (Å²) >= 11 is 5.66. The van der Waals surface area contributed by atoms with Crippen molar-refractivity contribution in [3.05, 3.63) is 64.3 Å². The van der Waals surface area contributed by atoms with Crippen LogP contribution in [-0.4, -0.2) is 40.9 Å². The Labute approximate surface area is 186 Å². The highest BCUT2D eigenvalue weighted by molar-refractivity contribution is 7.80. The molecule has 1 aromatic carbocycles. The number of nitrogens with one attached hydrogen (secondary N) is 2. The van der Waals surface area contributed by atoms with Gasteiger partial charge in [0.2, 0.25) is 0 Å². The molecule has 1 aliphatic rings. The molecule has 0 radical (unpaired) electrons. The first-order valence-electron chi connectivity index (χ1n) is 10.6. The maximum atomic E-state index is 12.8. The minimum absolute atomic E-state index is 0.136. The van der Waals surface area contributed by atoms with Crippen LogP contribution in [0.2, 0.25) is 0 Å². The van der Waals surface area contributed by atoms with Gasteiger partial charge >= 0.3 is 0 Å². The number of rotatable bonds is 8. The molecule has 164 valence electrons. The number of benzene rings is 1. The SMILES string of the molecule is CCOc1ccc2[nH]c(=O)c(CN(Cc3ccco3)C(=S)NC[C@H]3CCCO3)cc2c1. The summed E-state index contributed by atoms with van der Waals surface area (Å²) in [4.78, 5) is 17.6. The van der Waals surface area contributed by atoms with Gasteiger partial charge in [-0.2, -0.15) is 0 Å². The highest BCUT2D eigenvalue weighted by Crippen LogP contribution is 2.20. The predicted molar refractivity (Wildman–Crippen MR) is 123 cm³/mol. The van der Waals surface area contributed by atoms with E-state index in [0.29, 0.717) is 36.9 Å². The van der Waals surface area contributed by atoms with Crippen molar-refractivity contribution in [3.8, 4) is 5.75 Å². The normalized spacial score (nSPS) is 15.8. The Balaban J connectivity index is 1.55. The Morgan fingerprint density at radius 2 is 2.23 bits per heavy atom. The van der Waals surface area contributed by atoms with E-state index in [1.165, 1.54) is 0 Å². The van der Waals surface area contributed by atoms with Crippen LogP contribution in [0.25, 0.3) is 10.9 Å². The largest absolute Gasteiger partial charge is 0.494 e. The van der Waals surface area contributed by atoms with Gasteiger partial charge in [0.05, 0.1) is 32.1 Å². The fourth-order valence-electron chi connectivity index (χ4n) is 3.72. The second-order valence-electron chi connectivity index (χ2n) is 7.56. The van der Waals surface area contributed by atoms with Crippen LogP contribution >= 0.6 is 12.2 Å². The molecule has 1 fully saturated rings. The summed E-state index contributed by atoms with van der Waals surface area (Å²) in [6, 6.07) is 11.3. The molecule has 31 heavy (non-hydrogen) atoms. The third-order valence-electron chi connectivity index (χ3n) is 5.28. The van der Waals surface area contributed by atoms with Crippen molar-refractivity contribution in [2.45, 2.75) is 39.0 Å². The van der Waals surface area contributed by atoms with E-state index >= 15 is 0 Å². The van der Waals surface area contributed by atoms with Crippen molar-refractivity contribution in [1.29, 1.82) is 0 Å². The van der Waals surface area contributed by atoms with E-state index in [4.69, 9.17) is 26.1 Å². The van der Waals surface area contributed by atoms with Crippen molar-refractivity contribution in [2.75, 3.05) is 19.8 Å². The van der Waals surface area contributed by atoms with Crippen molar-refractivity contribution < 1.29 is 13.9 Å². The van der Waals surface area contributed by atoms with Crippen LogP contribution < -0.4 is 15.6 Å². The molecular formula is C23H27N3O4S. The van der Waals surface area contributed by atoms with Gasteiger partial charge in [-0.1, -0.05) is 0 Å². The Hall–Kier alpha value is -2.84. The molecule has 0 amide bonds. The van der Waals surface area contributed by atoms with Crippen LogP contribution in [-0.2, 0) is 17.8 Å². The molecule has 1 aliphatic heterocycles. The summed E-state index contributed by atoms with van der Waals surface area (Å²) in [5.74, 6) is 1.55. The number of ether oxygens (including phenoxy) is 2. The Morgan fingerprint density at radius 3 is 2.97 bits per heavy atom. The highest BCUT2D eigenvalue weighted by atomic mass is 32.1. The van der Waals surface area contributed by atoms with E-state index in [2.05, 4.69) is 10.3 Å². The second kappa shape index (κ2) is 9.98. The molecule has 7 nitrogen and oxygen atoms in total.